The summed E-state index contributed by atoms with van der Waals surface area (Å²) in [7, 11) is 4.17. The molecule has 0 amide bonds. The number of halogens is 1. The maximum atomic E-state index is 13.9. The van der Waals surface area contributed by atoms with E-state index in [1.54, 1.807) is 6.07 Å². The maximum absolute atomic E-state index is 13.9. The van der Waals surface area contributed by atoms with E-state index in [-0.39, 0.29) is 10.8 Å². The lowest BCUT2D eigenvalue weighted by atomic mass is 10.1. The summed E-state index contributed by atoms with van der Waals surface area (Å²) in [6.07, 6.45) is 0. The Bertz CT molecular complexity index is 490. The van der Waals surface area contributed by atoms with Gasteiger partial charge in [-0.25, -0.2) is 4.39 Å². The molecule has 1 heterocycles. The minimum absolute atomic E-state index is 0.102. The highest BCUT2D eigenvalue weighted by molar-refractivity contribution is 7.80. The standard InChI is InChI=1S/C14H20FN3S/c1-9-7-18(8-13(9)17(2)3)10-4-5-11(14(16)19)12(15)6-10/h4-6,9,13H,7-8H2,1-3H3,(H2,16,19). The van der Waals surface area contributed by atoms with E-state index >= 15 is 0 Å². The topological polar surface area (TPSA) is 32.5 Å². The van der Waals surface area contributed by atoms with E-state index in [4.69, 9.17) is 18.0 Å². The number of nitrogens with zero attached hydrogens (tertiary/aromatic N) is 2. The lowest BCUT2D eigenvalue weighted by Gasteiger charge is -2.23. The molecule has 3 nitrogen and oxygen atoms in total. The molecule has 0 bridgehead atoms. The van der Waals surface area contributed by atoms with Gasteiger partial charge in [-0.05, 0) is 38.2 Å². The van der Waals surface area contributed by atoms with E-state index in [1.165, 1.54) is 6.07 Å². The summed E-state index contributed by atoms with van der Waals surface area (Å²) in [6, 6.07) is 5.58. The largest absolute Gasteiger partial charge is 0.389 e. The SMILES string of the molecule is CC1CN(c2ccc(C(N)=S)c(F)c2)CC1N(C)C. The predicted molar refractivity (Wildman–Crippen MR) is 81.1 cm³/mol. The van der Waals surface area contributed by atoms with Crippen LogP contribution in [0.2, 0.25) is 0 Å². The normalized spacial score (nSPS) is 23.1. The molecule has 1 aromatic carbocycles. The van der Waals surface area contributed by atoms with Crippen LogP contribution in [-0.2, 0) is 0 Å². The lowest BCUT2D eigenvalue weighted by molar-refractivity contribution is 0.266. The predicted octanol–water partition coefficient (Wildman–Crippen LogP) is 1.85. The second kappa shape index (κ2) is 5.43. The minimum atomic E-state index is -0.342. The monoisotopic (exact) mass is 281 g/mol. The van der Waals surface area contributed by atoms with Crippen molar-refractivity contribution in [2.24, 2.45) is 11.7 Å². The van der Waals surface area contributed by atoms with E-state index in [2.05, 4.69) is 30.8 Å². The molecule has 0 aliphatic carbocycles. The third-order valence-corrected chi connectivity index (χ3v) is 4.04. The van der Waals surface area contributed by atoms with E-state index in [0.717, 1.165) is 18.8 Å². The van der Waals surface area contributed by atoms with E-state index in [0.29, 0.717) is 17.5 Å². The summed E-state index contributed by atoms with van der Waals surface area (Å²) in [5, 5.41) is 0. The first-order valence-corrected chi connectivity index (χ1v) is 6.81. The summed E-state index contributed by atoms with van der Waals surface area (Å²) in [5.74, 6) is 0.222. The average Bonchev–Trinajstić information content (AvgIpc) is 2.70. The molecule has 1 saturated heterocycles. The third-order valence-electron chi connectivity index (χ3n) is 3.82. The Morgan fingerprint density at radius 1 is 1.42 bits per heavy atom. The van der Waals surface area contributed by atoms with Crippen molar-refractivity contribution in [2.45, 2.75) is 13.0 Å². The minimum Gasteiger partial charge on any atom is -0.389 e. The van der Waals surface area contributed by atoms with Crippen LogP contribution < -0.4 is 10.6 Å². The van der Waals surface area contributed by atoms with Crippen molar-refractivity contribution in [2.75, 3.05) is 32.1 Å². The highest BCUT2D eigenvalue weighted by Crippen LogP contribution is 2.27. The van der Waals surface area contributed by atoms with Crippen molar-refractivity contribution in [3.05, 3.63) is 29.6 Å². The Morgan fingerprint density at radius 3 is 2.58 bits per heavy atom. The van der Waals surface area contributed by atoms with Gasteiger partial charge in [-0.1, -0.05) is 19.1 Å². The quantitative estimate of drug-likeness (QED) is 0.857. The van der Waals surface area contributed by atoms with Gasteiger partial charge >= 0.3 is 0 Å². The van der Waals surface area contributed by atoms with Crippen LogP contribution in [0.15, 0.2) is 18.2 Å². The Balaban J connectivity index is 2.20. The van der Waals surface area contributed by atoms with Gasteiger partial charge in [-0.2, -0.15) is 0 Å². The first-order chi connectivity index (χ1) is 8.90. The zero-order chi connectivity index (χ0) is 14.2. The number of anilines is 1. The molecule has 104 valence electrons. The van der Waals surface area contributed by atoms with Crippen LogP contribution >= 0.6 is 12.2 Å². The summed E-state index contributed by atoms with van der Waals surface area (Å²) in [4.78, 5) is 4.54. The zero-order valence-corrected chi connectivity index (χ0v) is 12.4. The highest BCUT2D eigenvalue weighted by Gasteiger charge is 2.31. The first-order valence-electron chi connectivity index (χ1n) is 6.41. The van der Waals surface area contributed by atoms with Gasteiger partial charge in [0.05, 0.1) is 0 Å². The van der Waals surface area contributed by atoms with Crippen molar-refractivity contribution in [1.82, 2.24) is 4.90 Å². The number of nitrogens with two attached hydrogens (primary N) is 1. The second-order valence-corrected chi connectivity index (χ2v) is 5.88. The van der Waals surface area contributed by atoms with Crippen molar-refractivity contribution in [3.8, 4) is 0 Å². The molecular weight excluding hydrogens is 261 g/mol. The lowest BCUT2D eigenvalue weighted by Crippen LogP contribution is -2.34. The molecule has 19 heavy (non-hydrogen) atoms. The number of hydrogen-bond acceptors (Lipinski definition) is 3. The first kappa shape index (κ1) is 14.2. The molecule has 0 saturated carbocycles. The van der Waals surface area contributed by atoms with E-state index in [9.17, 15) is 4.39 Å². The van der Waals surface area contributed by atoms with Gasteiger partial charge in [0.2, 0.25) is 0 Å². The third kappa shape index (κ3) is 2.87. The summed E-state index contributed by atoms with van der Waals surface area (Å²) >= 11 is 4.82. The van der Waals surface area contributed by atoms with E-state index in [1.807, 2.05) is 6.07 Å². The average molecular weight is 281 g/mol. The maximum Gasteiger partial charge on any atom is 0.135 e. The van der Waals surface area contributed by atoms with Gasteiger partial charge in [-0.3, -0.25) is 0 Å². The summed E-state index contributed by atoms with van der Waals surface area (Å²) in [6.45, 7) is 4.08. The van der Waals surface area contributed by atoms with Crippen molar-refractivity contribution < 1.29 is 4.39 Å². The fraction of sp³-hybridized carbons (Fsp3) is 0.500. The number of hydrogen-bond donors (Lipinski definition) is 1. The Kier molecular flexibility index (Phi) is 4.06. The molecule has 5 heteroatoms. The van der Waals surface area contributed by atoms with Crippen LogP contribution in [0.1, 0.15) is 12.5 Å². The van der Waals surface area contributed by atoms with Crippen molar-refractivity contribution >= 4 is 22.9 Å². The highest BCUT2D eigenvalue weighted by atomic mass is 32.1. The zero-order valence-electron chi connectivity index (χ0n) is 11.6. The molecule has 2 unspecified atom stereocenters. The molecule has 2 N–H and O–H groups in total. The van der Waals surface area contributed by atoms with E-state index < -0.39 is 0 Å². The van der Waals surface area contributed by atoms with Gasteiger partial charge < -0.3 is 15.5 Å². The molecule has 1 fully saturated rings. The smallest absolute Gasteiger partial charge is 0.135 e. The number of likely N-dealkylation sites (N-methyl/N-ethyl adjacent to an activating group) is 1. The molecular formula is C14H20FN3S. The molecule has 0 spiro atoms. The second-order valence-electron chi connectivity index (χ2n) is 5.44. The molecule has 0 aromatic heterocycles. The molecule has 0 radical (unpaired) electrons. The fourth-order valence-electron chi connectivity index (χ4n) is 2.73. The molecule has 2 atom stereocenters. The summed E-state index contributed by atoms with van der Waals surface area (Å²) in [5.41, 5.74) is 6.69. The van der Waals surface area contributed by atoms with Crippen LogP contribution in [0.4, 0.5) is 10.1 Å². The Hall–Kier alpha value is -1.20. The molecule has 2 rings (SSSR count). The number of benzene rings is 1. The molecule has 1 aromatic rings. The Morgan fingerprint density at radius 2 is 2.11 bits per heavy atom. The number of thiocarbonyl (C=S) groups is 1. The molecule has 1 aliphatic heterocycles. The van der Waals surface area contributed by atoms with Gasteiger partial charge in [0.15, 0.2) is 0 Å². The van der Waals surface area contributed by atoms with Gasteiger partial charge in [0.1, 0.15) is 10.8 Å². The van der Waals surface area contributed by atoms with Crippen LogP contribution in [0.5, 0.6) is 0 Å². The van der Waals surface area contributed by atoms with Crippen LogP contribution in [-0.4, -0.2) is 43.1 Å². The van der Waals surface area contributed by atoms with Crippen LogP contribution in [0.3, 0.4) is 0 Å². The van der Waals surface area contributed by atoms with Gasteiger partial charge in [0, 0.05) is 30.4 Å². The van der Waals surface area contributed by atoms with Crippen molar-refractivity contribution in [1.29, 1.82) is 0 Å². The van der Waals surface area contributed by atoms with Crippen molar-refractivity contribution in [3.63, 3.8) is 0 Å². The van der Waals surface area contributed by atoms with Gasteiger partial charge in [-0.15, -0.1) is 0 Å². The molecule has 1 aliphatic rings. The van der Waals surface area contributed by atoms with Crippen LogP contribution in [0, 0.1) is 11.7 Å². The number of rotatable bonds is 3. The Labute approximate surface area is 119 Å². The van der Waals surface area contributed by atoms with Gasteiger partial charge in [0.25, 0.3) is 0 Å². The van der Waals surface area contributed by atoms with Crippen LogP contribution in [0.25, 0.3) is 0 Å². The summed E-state index contributed by atoms with van der Waals surface area (Å²) < 4.78 is 13.9. The fourth-order valence-corrected chi connectivity index (χ4v) is 2.90.